The van der Waals surface area contributed by atoms with Crippen molar-refractivity contribution < 1.29 is 32.4 Å². The molecule has 0 aliphatic rings. The van der Waals surface area contributed by atoms with Crippen LogP contribution in [0.5, 0.6) is 17.2 Å². The van der Waals surface area contributed by atoms with Crippen molar-refractivity contribution in [2.45, 2.75) is 13.1 Å². The third-order valence-electron chi connectivity index (χ3n) is 3.35. The molecule has 2 rings (SSSR count). The minimum atomic E-state index is -4.74. The summed E-state index contributed by atoms with van der Waals surface area (Å²) in [6, 6.07) is 6.29. The predicted octanol–water partition coefficient (Wildman–Crippen LogP) is 3.88. The number of benzene rings is 2. The second kappa shape index (κ2) is 8.37. The lowest BCUT2D eigenvalue weighted by molar-refractivity contribution is -0.385. The number of nitrogens with one attached hydrogen (secondary N) is 1. The van der Waals surface area contributed by atoms with Crippen LogP contribution in [0.25, 0.3) is 0 Å². The number of hydrogen-bond acceptors (Lipinski definition) is 6. The van der Waals surface area contributed by atoms with Gasteiger partial charge in [0.1, 0.15) is 11.5 Å². The number of carbonyl (C=O) groups excluding carboxylic acids is 1. The van der Waals surface area contributed by atoms with Crippen molar-refractivity contribution >= 4 is 17.8 Å². The van der Waals surface area contributed by atoms with E-state index in [4.69, 9.17) is 9.47 Å². The van der Waals surface area contributed by atoms with Crippen molar-refractivity contribution in [1.29, 1.82) is 0 Å². The van der Waals surface area contributed by atoms with Crippen LogP contribution in [0, 0.1) is 10.1 Å². The van der Waals surface area contributed by atoms with Gasteiger partial charge < -0.3 is 9.47 Å². The molecule has 8 nitrogen and oxygen atoms in total. The topological polar surface area (TPSA) is 103 Å². The van der Waals surface area contributed by atoms with Gasteiger partial charge in [-0.2, -0.15) is 18.3 Å². The summed E-state index contributed by atoms with van der Waals surface area (Å²) < 4.78 is 49.0. The predicted molar refractivity (Wildman–Crippen MR) is 92.6 cm³/mol. The summed E-state index contributed by atoms with van der Waals surface area (Å²) in [6.07, 6.45) is -3.53. The molecule has 1 amide bonds. The summed E-state index contributed by atoms with van der Waals surface area (Å²) in [7, 11) is 1.41. The van der Waals surface area contributed by atoms with E-state index >= 15 is 0 Å². The molecule has 0 saturated heterocycles. The molecule has 148 valence electrons. The fraction of sp³-hybridized carbons (Fsp3) is 0.176. The van der Waals surface area contributed by atoms with Crippen LogP contribution in [0.15, 0.2) is 41.5 Å². The van der Waals surface area contributed by atoms with Crippen molar-refractivity contribution in [3.05, 3.63) is 57.6 Å². The van der Waals surface area contributed by atoms with Crippen molar-refractivity contribution in [2.24, 2.45) is 5.10 Å². The molecule has 0 bridgehead atoms. The van der Waals surface area contributed by atoms with Crippen LogP contribution in [-0.4, -0.2) is 24.2 Å². The number of nitro groups is 1. The fourth-order valence-corrected chi connectivity index (χ4v) is 2.08. The van der Waals surface area contributed by atoms with Gasteiger partial charge in [-0.3, -0.25) is 14.9 Å². The standard InChI is InChI=1S/C17H14F3N3O5/c1-10(24)22-21-9-11-7-13(27-2)4-6-15(11)28-16-5-3-12(17(18,19)20)8-14(16)23(25)26/h3-9H,1-2H3,(H,22,24)/b21-9-. The Kier molecular flexibility index (Phi) is 6.18. The normalized spacial score (nSPS) is 11.3. The van der Waals surface area contributed by atoms with Gasteiger partial charge in [-0.25, -0.2) is 5.43 Å². The number of hydrazone groups is 1. The van der Waals surface area contributed by atoms with Gasteiger partial charge in [0.25, 0.3) is 0 Å². The monoisotopic (exact) mass is 397 g/mol. The summed E-state index contributed by atoms with van der Waals surface area (Å²) in [5, 5.41) is 14.9. The first-order valence-corrected chi connectivity index (χ1v) is 7.63. The lowest BCUT2D eigenvalue weighted by Crippen LogP contribution is -2.12. The third kappa shape index (κ3) is 5.19. The number of nitrogens with zero attached hydrogens (tertiary/aromatic N) is 2. The molecule has 0 radical (unpaired) electrons. The van der Waals surface area contributed by atoms with E-state index in [1.54, 1.807) is 0 Å². The average Bonchev–Trinajstić information content (AvgIpc) is 2.61. The first-order valence-electron chi connectivity index (χ1n) is 7.63. The van der Waals surface area contributed by atoms with Crippen LogP contribution >= 0.6 is 0 Å². The smallest absolute Gasteiger partial charge is 0.416 e. The quantitative estimate of drug-likeness (QED) is 0.453. The lowest BCUT2D eigenvalue weighted by atomic mass is 10.1. The second-order valence-corrected chi connectivity index (χ2v) is 5.37. The van der Waals surface area contributed by atoms with Gasteiger partial charge in [0.15, 0.2) is 0 Å². The van der Waals surface area contributed by atoms with Crippen molar-refractivity contribution in [3.8, 4) is 17.2 Å². The van der Waals surface area contributed by atoms with Crippen molar-refractivity contribution in [2.75, 3.05) is 7.11 Å². The van der Waals surface area contributed by atoms with E-state index in [1.165, 1.54) is 38.4 Å². The molecule has 2 aromatic carbocycles. The fourth-order valence-electron chi connectivity index (χ4n) is 2.08. The maximum absolute atomic E-state index is 12.8. The zero-order valence-electron chi connectivity index (χ0n) is 14.6. The summed E-state index contributed by atoms with van der Waals surface area (Å²) in [5.74, 6) is -0.367. The van der Waals surface area contributed by atoms with Crippen molar-refractivity contribution in [3.63, 3.8) is 0 Å². The van der Waals surface area contributed by atoms with Gasteiger partial charge in [0.05, 0.1) is 23.8 Å². The highest BCUT2D eigenvalue weighted by Gasteiger charge is 2.33. The van der Waals surface area contributed by atoms with E-state index in [-0.39, 0.29) is 11.3 Å². The molecule has 0 saturated carbocycles. The molecule has 0 atom stereocenters. The Bertz CT molecular complexity index is 929. The number of rotatable bonds is 6. The number of nitro benzene ring substituents is 1. The van der Waals surface area contributed by atoms with Crippen LogP contribution < -0.4 is 14.9 Å². The number of hydrogen-bond donors (Lipinski definition) is 1. The summed E-state index contributed by atoms with van der Waals surface area (Å²) in [5.41, 5.74) is 0.419. The van der Waals surface area contributed by atoms with Crippen LogP contribution in [0.3, 0.4) is 0 Å². The Labute approximate surface area is 156 Å². The molecule has 0 heterocycles. The van der Waals surface area contributed by atoms with Gasteiger partial charge in [-0.15, -0.1) is 0 Å². The molecule has 11 heteroatoms. The first kappa shape index (κ1) is 20.7. The summed E-state index contributed by atoms with van der Waals surface area (Å²) in [6.45, 7) is 1.24. The van der Waals surface area contributed by atoms with E-state index < -0.39 is 34.0 Å². The molecule has 0 fully saturated rings. The minimum Gasteiger partial charge on any atom is -0.497 e. The van der Waals surface area contributed by atoms with Gasteiger partial charge in [0, 0.05) is 18.6 Å². The Morgan fingerprint density at radius 1 is 1.21 bits per heavy atom. The third-order valence-corrected chi connectivity index (χ3v) is 3.35. The van der Waals surface area contributed by atoms with Crippen LogP contribution in [0.2, 0.25) is 0 Å². The number of halogens is 3. The zero-order chi connectivity index (χ0) is 20.9. The molecule has 0 aliphatic heterocycles. The SMILES string of the molecule is COc1ccc(Oc2ccc(C(F)(F)F)cc2[N+](=O)[O-])c(/C=N\NC(C)=O)c1. The average molecular weight is 397 g/mol. The van der Waals surface area contributed by atoms with Crippen LogP contribution in [0.4, 0.5) is 18.9 Å². The highest BCUT2D eigenvalue weighted by atomic mass is 19.4. The number of carbonyl (C=O) groups is 1. The van der Waals surface area contributed by atoms with E-state index in [2.05, 4.69) is 10.5 Å². The van der Waals surface area contributed by atoms with E-state index in [0.29, 0.717) is 17.9 Å². The molecule has 0 aromatic heterocycles. The number of amides is 1. The molecule has 28 heavy (non-hydrogen) atoms. The van der Waals surface area contributed by atoms with Crippen molar-refractivity contribution in [1.82, 2.24) is 5.43 Å². The zero-order valence-corrected chi connectivity index (χ0v) is 14.6. The van der Waals surface area contributed by atoms with E-state index in [1.807, 2.05) is 0 Å². The molecular formula is C17H14F3N3O5. The Morgan fingerprint density at radius 3 is 2.46 bits per heavy atom. The molecule has 1 N–H and O–H groups in total. The summed E-state index contributed by atoms with van der Waals surface area (Å²) in [4.78, 5) is 21.1. The maximum atomic E-state index is 12.8. The number of alkyl halides is 3. The first-order chi connectivity index (χ1) is 13.1. The van der Waals surface area contributed by atoms with Crippen LogP contribution in [0.1, 0.15) is 18.1 Å². The Balaban J connectivity index is 2.45. The van der Waals surface area contributed by atoms with Crippen LogP contribution in [-0.2, 0) is 11.0 Å². The van der Waals surface area contributed by atoms with Gasteiger partial charge in [-0.05, 0) is 30.3 Å². The lowest BCUT2D eigenvalue weighted by Gasteiger charge is -2.12. The maximum Gasteiger partial charge on any atom is 0.416 e. The van der Waals surface area contributed by atoms with E-state index in [0.717, 1.165) is 6.07 Å². The Hall–Kier alpha value is -3.63. The largest absolute Gasteiger partial charge is 0.497 e. The molecule has 2 aromatic rings. The van der Waals surface area contributed by atoms with Gasteiger partial charge >= 0.3 is 11.9 Å². The molecule has 0 aliphatic carbocycles. The second-order valence-electron chi connectivity index (χ2n) is 5.37. The molecule has 0 spiro atoms. The number of ether oxygens (including phenoxy) is 2. The minimum absolute atomic E-state index is 0.0535. The Morgan fingerprint density at radius 2 is 1.89 bits per heavy atom. The highest BCUT2D eigenvalue weighted by molar-refractivity contribution is 5.85. The van der Waals surface area contributed by atoms with E-state index in [9.17, 15) is 28.1 Å². The van der Waals surface area contributed by atoms with Gasteiger partial charge in [-0.1, -0.05) is 0 Å². The highest BCUT2D eigenvalue weighted by Crippen LogP contribution is 2.38. The summed E-state index contributed by atoms with van der Waals surface area (Å²) >= 11 is 0. The number of methoxy groups -OCH3 is 1. The van der Waals surface area contributed by atoms with Gasteiger partial charge in [0.2, 0.25) is 11.7 Å². The molecule has 0 unspecified atom stereocenters. The molecular weight excluding hydrogens is 383 g/mol.